The van der Waals surface area contributed by atoms with Gasteiger partial charge in [-0.15, -0.1) is 11.3 Å². The van der Waals surface area contributed by atoms with Crippen LogP contribution in [0.2, 0.25) is 0 Å². The highest BCUT2D eigenvalue weighted by atomic mass is 32.1. The summed E-state index contributed by atoms with van der Waals surface area (Å²) in [7, 11) is 2.10. The first-order valence-electron chi connectivity index (χ1n) is 7.94. The van der Waals surface area contributed by atoms with E-state index in [9.17, 15) is 0 Å². The molecular formula is C18H27NS. The van der Waals surface area contributed by atoms with E-state index >= 15 is 0 Å². The third-order valence-corrected chi connectivity index (χ3v) is 5.48. The van der Waals surface area contributed by atoms with Crippen LogP contribution >= 0.6 is 11.3 Å². The molecule has 0 aliphatic carbocycles. The quantitative estimate of drug-likeness (QED) is 0.650. The van der Waals surface area contributed by atoms with Gasteiger partial charge in [-0.25, -0.2) is 0 Å². The maximum Gasteiger partial charge on any atom is 0.0415 e. The van der Waals surface area contributed by atoms with E-state index in [4.69, 9.17) is 0 Å². The van der Waals surface area contributed by atoms with Crippen LogP contribution in [0.15, 0.2) is 30.3 Å². The van der Waals surface area contributed by atoms with Gasteiger partial charge in [-0.2, -0.15) is 0 Å². The Balaban J connectivity index is 2.10. The Morgan fingerprint density at radius 1 is 1.20 bits per heavy atom. The Kier molecular flexibility index (Phi) is 6.06. The smallest absolute Gasteiger partial charge is 0.0415 e. The van der Waals surface area contributed by atoms with Crippen LogP contribution in [-0.4, -0.2) is 7.05 Å². The molecule has 0 aliphatic rings. The minimum Gasteiger partial charge on any atom is -0.312 e. The summed E-state index contributed by atoms with van der Waals surface area (Å²) >= 11 is 1.94. The van der Waals surface area contributed by atoms with Crippen molar-refractivity contribution < 1.29 is 0 Å². The van der Waals surface area contributed by atoms with Crippen LogP contribution in [0, 0.1) is 5.92 Å². The van der Waals surface area contributed by atoms with Gasteiger partial charge in [0.15, 0.2) is 0 Å². The Morgan fingerprint density at radius 3 is 2.65 bits per heavy atom. The van der Waals surface area contributed by atoms with Crippen molar-refractivity contribution in [1.82, 2.24) is 5.32 Å². The lowest BCUT2D eigenvalue weighted by molar-refractivity contribution is 0.367. The zero-order chi connectivity index (χ0) is 14.4. The largest absolute Gasteiger partial charge is 0.312 e. The van der Waals surface area contributed by atoms with Gasteiger partial charge in [-0.3, -0.25) is 0 Å². The van der Waals surface area contributed by atoms with Crippen LogP contribution in [-0.2, 0) is 0 Å². The van der Waals surface area contributed by atoms with Crippen molar-refractivity contribution >= 4 is 21.4 Å². The second-order valence-corrected chi connectivity index (χ2v) is 6.80. The van der Waals surface area contributed by atoms with E-state index in [1.165, 1.54) is 47.1 Å². The van der Waals surface area contributed by atoms with E-state index in [1.807, 2.05) is 11.3 Å². The van der Waals surface area contributed by atoms with E-state index in [-0.39, 0.29) is 0 Å². The number of thiophene rings is 1. The SMILES string of the molecule is CCCCC(CC)CC(NC)c1cc2ccccc2s1. The van der Waals surface area contributed by atoms with Crippen LogP contribution in [0.1, 0.15) is 56.9 Å². The zero-order valence-electron chi connectivity index (χ0n) is 13.0. The zero-order valence-corrected chi connectivity index (χ0v) is 13.8. The second-order valence-electron chi connectivity index (χ2n) is 5.68. The van der Waals surface area contributed by atoms with Gasteiger partial charge >= 0.3 is 0 Å². The molecule has 1 nitrogen and oxygen atoms in total. The predicted octanol–water partition coefficient (Wildman–Crippen LogP) is 5.77. The van der Waals surface area contributed by atoms with Crippen molar-refractivity contribution in [3.8, 4) is 0 Å². The summed E-state index contributed by atoms with van der Waals surface area (Å²) in [6, 6.07) is 11.6. The minimum absolute atomic E-state index is 0.509. The van der Waals surface area contributed by atoms with E-state index in [2.05, 4.69) is 56.5 Å². The van der Waals surface area contributed by atoms with Crippen molar-refractivity contribution in [2.24, 2.45) is 5.92 Å². The molecule has 2 heteroatoms. The van der Waals surface area contributed by atoms with Crippen molar-refractivity contribution in [3.05, 3.63) is 35.2 Å². The van der Waals surface area contributed by atoms with Crippen LogP contribution in [0.5, 0.6) is 0 Å². The lowest BCUT2D eigenvalue weighted by Gasteiger charge is -2.21. The van der Waals surface area contributed by atoms with Crippen molar-refractivity contribution in [1.29, 1.82) is 0 Å². The number of fused-ring (bicyclic) bond motifs is 1. The standard InChI is InChI=1S/C18H27NS/c1-4-6-9-14(5-2)12-16(19-3)18-13-15-10-7-8-11-17(15)20-18/h7-8,10-11,13-14,16,19H,4-6,9,12H2,1-3H3. The molecule has 110 valence electrons. The van der Waals surface area contributed by atoms with Gasteiger partial charge < -0.3 is 5.32 Å². The average Bonchev–Trinajstić information content (AvgIpc) is 2.91. The highest BCUT2D eigenvalue weighted by Crippen LogP contribution is 2.34. The maximum absolute atomic E-state index is 3.53. The molecule has 2 unspecified atom stereocenters. The normalized spacial score (nSPS) is 14.6. The van der Waals surface area contributed by atoms with Gasteiger partial charge in [0.25, 0.3) is 0 Å². The van der Waals surface area contributed by atoms with Gasteiger partial charge in [0.2, 0.25) is 0 Å². The van der Waals surface area contributed by atoms with Gasteiger partial charge in [-0.05, 0) is 36.9 Å². The number of benzene rings is 1. The summed E-state index contributed by atoms with van der Waals surface area (Å²) in [5.41, 5.74) is 0. The van der Waals surface area contributed by atoms with Crippen LogP contribution in [0.25, 0.3) is 10.1 Å². The molecule has 20 heavy (non-hydrogen) atoms. The van der Waals surface area contributed by atoms with Crippen molar-refractivity contribution in [3.63, 3.8) is 0 Å². The predicted molar refractivity (Wildman–Crippen MR) is 91.5 cm³/mol. The summed E-state index contributed by atoms with van der Waals surface area (Å²) in [5, 5.41) is 4.91. The Bertz CT molecular complexity index is 484. The van der Waals surface area contributed by atoms with E-state index < -0.39 is 0 Å². The van der Waals surface area contributed by atoms with Crippen molar-refractivity contribution in [2.75, 3.05) is 7.05 Å². The fraction of sp³-hybridized carbons (Fsp3) is 0.556. The molecule has 0 saturated carbocycles. The molecule has 2 atom stereocenters. The Morgan fingerprint density at radius 2 is 2.00 bits per heavy atom. The number of hydrogen-bond acceptors (Lipinski definition) is 2. The first-order valence-corrected chi connectivity index (χ1v) is 8.75. The molecule has 0 spiro atoms. The van der Waals surface area contributed by atoms with Gasteiger partial charge in [0.1, 0.15) is 0 Å². The molecule has 1 aromatic carbocycles. The topological polar surface area (TPSA) is 12.0 Å². The first kappa shape index (κ1) is 15.5. The highest BCUT2D eigenvalue weighted by molar-refractivity contribution is 7.19. The van der Waals surface area contributed by atoms with Gasteiger partial charge in [-0.1, -0.05) is 57.7 Å². The summed E-state index contributed by atoms with van der Waals surface area (Å²) in [6.07, 6.45) is 6.60. The Hall–Kier alpha value is -0.860. The van der Waals surface area contributed by atoms with Gasteiger partial charge in [0, 0.05) is 15.6 Å². The molecular weight excluding hydrogens is 262 g/mol. The highest BCUT2D eigenvalue weighted by Gasteiger charge is 2.17. The fourth-order valence-corrected chi connectivity index (χ4v) is 4.05. The minimum atomic E-state index is 0.509. The summed E-state index contributed by atoms with van der Waals surface area (Å²) in [5.74, 6) is 0.845. The second kappa shape index (κ2) is 7.80. The fourth-order valence-electron chi connectivity index (χ4n) is 2.87. The molecule has 1 heterocycles. The van der Waals surface area contributed by atoms with Crippen LogP contribution < -0.4 is 5.32 Å². The summed E-state index contributed by atoms with van der Waals surface area (Å²) in [4.78, 5) is 1.49. The molecule has 0 saturated heterocycles. The van der Waals surface area contributed by atoms with Gasteiger partial charge in [0.05, 0.1) is 0 Å². The summed E-state index contributed by atoms with van der Waals surface area (Å²) < 4.78 is 1.41. The lowest BCUT2D eigenvalue weighted by atomic mass is 9.91. The van der Waals surface area contributed by atoms with E-state index in [0.29, 0.717) is 6.04 Å². The molecule has 0 bridgehead atoms. The first-order chi connectivity index (χ1) is 9.78. The molecule has 0 amide bonds. The van der Waals surface area contributed by atoms with Crippen LogP contribution in [0.3, 0.4) is 0 Å². The molecule has 1 aromatic heterocycles. The molecule has 1 N–H and O–H groups in total. The van der Waals surface area contributed by atoms with E-state index in [0.717, 1.165) is 5.92 Å². The molecule has 2 rings (SSSR count). The summed E-state index contributed by atoms with van der Waals surface area (Å²) in [6.45, 7) is 4.62. The number of rotatable bonds is 8. The number of nitrogens with one attached hydrogen (secondary N) is 1. The maximum atomic E-state index is 3.53. The number of hydrogen-bond donors (Lipinski definition) is 1. The van der Waals surface area contributed by atoms with Crippen LogP contribution in [0.4, 0.5) is 0 Å². The lowest BCUT2D eigenvalue weighted by Crippen LogP contribution is -2.18. The number of unbranched alkanes of at least 4 members (excludes halogenated alkanes) is 1. The van der Waals surface area contributed by atoms with Crippen molar-refractivity contribution in [2.45, 2.75) is 52.0 Å². The molecule has 0 radical (unpaired) electrons. The molecule has 2 aromatic rings. The average molecular weight is 289 g/mol. The third-order valence-electron chi connectivity index (χ3n) is 4.25. The van der Waals surface area contributed by atoms with E-state index in [1.54, 1.807) is 0 Å². The Labute approximate surface area is 127 Å². The monoisotopic (exact) mass is 289 g/mol. The molecule has 0 aliphatic heterocycles. The molecule has 0 fully saturated rings. The third kappa shape index (κ3) is 3.83.